The molecule has 112 valence electrons. The molecule has 0 amide bonds. The van der Waals surface area contributed by atoms with Crippen LogP contribution in [0.5, 0.6) is 0 Å². The van der Waals surface area contributed by atoms with E-state index < -0.39 is 5.97 Å². The lowest BCUT2D eigenvalue weighted by molar-refractivity contribution is -0.0983. The molecule has 2 unspecified atom stereocenters. The van der Waals surface area contributed by atoms with Crippen molar-refractivity contribution in [2.45, 2.75) is 32.6 Å². The number of ether oxygens (including phenoxy) is 2. The van der Waals surface area contributed by atoms with Crippen LogP contribution >= 0.6 is 0 Å². The van der Waals surface area contributed by atoms with Gasteiger partial charge in [-0.3, -0.25) is 4.90 Å². The lowest BCUT2D eigenvalue weighted by Gasteiger charge is -2.35. The molecule has 1 fully saturated rings. The van der Waals surface area contributed by atoms with Gasteiger partial charge in [0.25, 0.3) is 0 Å². The van der Waals surface area contributed by atoms with Crippen molar-refractivity contribution in [3.05, 3.63) is 23.2 Å². The maximum atomic E-state index is 11.5. The summed E-state index contributed by atoms with van der Waals surface area (Å²) in [6, 6.07) is 1.85. The van der Waals surface area contributed by atoms with Crippen LogP contribution in [-0.2, 0) is 16.0 Å². The first-order valence-corrected chi connectivity index (χ1v) is 6.69. The van der Waals surface area contributed by atoms with E-state index in [2.05, 4.69) is 9.64 Å². The summed E-state index contributed by atoms with van der Waals surface area (Å²) in [6.45, 7) is 5.80. The molecule has 0 bridgehead atoms. The summed E-state index contributed by atoms with van der Waals surface area (Å²) in [5.74, 6) is 0.508. The molecule has 2 rings (SSSR count). The SMILES string of the molecule is COC(=O)c1oc(CN2CC(C)OC(CO)C2)cc1C. The summed E-state index contributed by atoms with van der Waals surface area (Å²) in [6.07, 6.45) is -0.105. The quantitative estimate of drug-likeness (QED) is 0.830. The zero-order valence-corrected chi connectivity index (χ0v) is 12.1. The number of rotatable bonds is 4. The van der Waals surface area contributed by atoms with E-state index in [0.717, 1.165) is 12.1 Å². The third kappa shape index (κ3) is 3.39. The van der Waals surface area contributed by atoms with E-state index >= 15 is 0 Å². The van der Waals surface area contributed by atoms with Crippen molar-refractivity contribution >= 4 is 5.97 Å². The summed E-state index contributed by atoms with van der Waals surface area (Å²) in [5.41, 5.74) is 0.770. The van der Waals surface area contributed by atoms with E-state index in [9.17, 15) is 9.90 Å². The monoisotopic (exact) mass is 283 g/mol. The van der Waals surface area contributed by atoms with E-state index in [-0.39, 0.29) is 24.6 Å². The zero-order valence-electron chi connectivity index (χ0n) is 12.1. The molecule has 20 heavy (non-hydrogen) atoms. The molecule has 0 aliphatic carbocycles. The van der Waals surface area contributed by atoms with Crippen molar-refractivity contribution in [1.29, 1.82) is 0 Å². The first kappa shape index (κ1) is 15.0. The number of aliphatic hydroxyl groups is 1. The van der Waals surface area contributed by atoms with Crippen LogP contribution < -0.4 is 0 Å². The second-order valence-corrected chi connectivity index (χ2v) is 5.16. The van der Waals surface area contributed by atoms with Gasteiger partial charge in [0.1, 0.15) is 5.76 Å². The van der Waals surface area contributed by atoms with Gasteiger partial charge in [0, 0.05) is 18.7 Å². The van der Waals surface area contributed by atoms with Crippen molar-refractivity contribution in [2.75, 3.05) is 26.8 Å². The van der Waals surface area contributed by atoms with E-state index in [1.54, 1.807) is 0 Å². The number of carbonyl (C=O) groups excluding carboxylic acids is 1. The molecule has 1 aliphatic rings. The Morgan fingerprint density at radius 2 is 2.30 bits per heavy atom. The highest BCUT2D eigenvalue weighted by atomic mass is 16.5. The Morgan fingerprint density at radius 1 is 1.55 bits per heavy atom. The largest absolute Gasteiger partial charge is 0.463 e. The van der Waals surface area contributed by atoms with Crippen LogP contribution in [0.2, 0.25) is 0 Å². The first-order chi connectivity index (χ1) is 9.53. The van der Waals surface area contributed by atoms with Crippen LogP contribution in [0.1, 0.15) is 28.8 Å². The van der Waals surface area contributed by atoms with Crippen molar-refractivity contribution in [3.63, 3.8) is 0 Å². The maximum absolute atomic E-state index is 11.5. The van der Waals surface area contributed by atoms with Gasteiger partial charge < -0.3 is 19.0 Å². The molecule has 1 N–H and O–H groups in total. The molecule has 6 heteroatoms. The minimum atomic E-state index is -0.461. The lowest BCUT2D eigenvalue weighted by atomic mass is 10.2. The van der Waals surface area contributed by atoms with Gasteiger partial charge in [-0.15, -0.1) is 0 Å². The van der Waals surface area contributed by atoms with Gasteiger partial charge in [0.05, 0.1) is 32.5 Å². The number of hydrogen-bond donors (Lipinski definition) is 1. The van der Waals surface area contributed by atoms with Gasteiger partial charge in [-0.2, -0.15) is 0 Å². The summed E-state index contributed by atoms with van der Waals surface area (Å²) in [4.78, 5) is 13.7. The van der Waals surface area contributed by atoms with Crippen LogP contribution in [0.4, 0.5) is 0 Å². The molecule has 1 saturated heterocycles. The third-order valence-corrected chi connectivity index (χ3v) is 3.32. The fraction of sp³-hybridized carbons (Fsp3) is 0.643. The fourth-order valence-corrected chi connectivity index (χ4v) is 2.51. The summed E-state index contributed by atoms with van der Waals surface area (Å²) < 4.78 is 15.8. The second-order valence-electron chi connectivity index (χ2n) is 5.16. The molecule has 2 atom stereocenters. The summed E-state index contributed by atoms with van der Waals surface area (Å²) >= 11 is 0. The van der Waals surface area contributed by atoms with E-state index in [1.807, 2.05) is 19.9 Å². The second kappa shape index (κ2) is 6.39. The van der Waals surface area contributed by atoms with Crippen LogP contribution in [0, 0.1) is 6.92 Å². The highest BCUT2D eigenvalue weighted by Crippen LogP contribution is 2.19. The molecule has 0 saturated carbocycles. The lowest BCUT2D eigenvalue weighted by Crippen LogP contribution is -2.47. The molecule has 0 spiro atoms. The predicted octanol–water partition coefficient (Wildman–Crippen LogP) is 0.956. The smallest absolute Gasteiger partial charge is 0.374 e. The average Bonchev–Trinajstić information content (AvgIpc) is 2.77. The van der Waals surface area contributed by atoms with Crippen LogP contribution in [-0.4, -0.2) is 55.0 Å². The molecular weight excluding hydrogens is 262 g/mol. The van der Waals surface area contributed by atoms with Crippen molar-refractivity contribution in [3.8, 4) is 0 Å². The van der Waals surface area contributed by atoms with Gasteiger partial charge in [-0.1, -0.05) is 0 Å². The van der Waals surface area contributed by atoms with Crippen LogP contribution in [0.3, 0.4) is 0 Å². The molecule has 0 radical (unpaired) electrons. The Hall–Kier alpha value is -1.37. The highest BCUT2D eigenvalue weighted by Gasteiger charge is 2.26. The van der Waals surface area contributed by atoms with Gasteiger partial charge >= 0.3 is 5.97 Å². The summed E-state index contributed by atoms with van der Waals surface area (Å²) in [5, 5.41) is 9.21. The number of morpholine rings is 1. The number of carbonyl (C=O) groups is 1. The van der Waals surface area contributed by atoms with Gasteiger partial charge in [0.2, 0.25) is 5.76 Å². The van der Waals surface area contributed by atoms with Crippen molar-refractivity contribution in [2.24, 2.45) is 0 Å². The van der Waals surface area contributed by atoms with Crippen LogP contribution in [0.25, 0.3) is 0 Å². The fourth-order valence-electron chi connectivity index (χ4n) is 2.51. The van der Waals surface area contributed by atoms with Gasteiger partial charge in [-0.05, 0) is 19.9 Å². The van der Waals surface area contributed by atoms with E-state index in [4.69, 9.17) is 9.15 Å². The van der Waals surface area contributed by atoms with Gasteiger partial charge in [0.15, 0.2) is 0 Å². The number of hydrogen-bond acceptors (Lipinski definition) is 6. The normalized spacial score (nSPS) is 23.8. The predicted molar refractivity (Wildman–Crippen MR) is 71.5 cm³/mol. The number of methoxy groups -OCH3 is 1. The maximum Gasteiger partial charge on any atom is 0.374 e. The molecule has 1 aliphatic heterocycles. The minimum absolute atomic E-state index is 0.00539. The number of nitrogens with zero attached hydrogens (tertiary/aromatic N) is 1. The van der Waals surface area contributed by atoms with Crippen molar-refractivity contribution < 1.29 is 23.8 Å². The van der Waals surface area contributed by atoms with E-state index in [1.165, 1.54) is 7.11 Å². The molecule has 1 aromatic heterocycles. The third-order valence-electron chi connectivity index (χ3n) is 3.32. The highest BCUT2D eigenvalue weighted by molar-refractivity contribution is 5.87. The Labute approximate surface area is 118 Å². The van der Waals surface area contributed by atoms with Crippen molar-refractivity contribution in [1.82, 2.24) is 4.90 Å². The number of furan rings is 1. The molecule has 1 aromatic rings. The number of esters is 1. The standard InChI is InChI=1S/C14H21NO5/c1-9-4-11(20-13(9)14(17)18-3)6-15-5-10(2)19-12(7-15)8-16/h4,10,12,16H,5-8H2,1-3H3. The van der Waals surface area contributed by atoms with E-state index in [0.29, 0.717) is 18.8 Å². The number of aliphatic hydroxyl groups excluding tert-OH is 1. The first-order valence-electron chi connectivity index (χ1n) is 6.69. The molecule has 0 aromatic carbocycles. The number of aryl methyl sites for hydroxylation is 1. The Morgan fingerprint density at radius 3 is 2.95 bits per heavy atom. The minimum Gasteiger partial charge on any atom is -0.463 e. The Kier molecular flexibility index (Phi) is 4.80. The molecule has 6 nitrogen and oxygen atoms in total. The zero-order chi connectivity index (χ0) is 14.7. The van der Waals surface area contributed by atoms with Crippen LogP contribution in [0.15, 0.2) is 10.5 Å². The Bertz CT molecular complexity index is 470. The topological polar surface area (TPSA) is 72.1 Å². The molecular formula is C14H21NO5. The Balaban J connectivity index is 2.04. The summed E-state index contributed by atoms with van der Waals surface area (Å²) in [7, 11) is 1.33. The van der Waals surface area contributed by atoms with Gasteiger partial charge in [-0.25, -0.2) is 4.79 Å². The average molecular weight is 283 g/mol. The molecule has 2 heterocycles.